The highest BCUT2D eigenvalue weighted by Crippen LogP contribution is 2.23. The molecule has 0 atom stereocenters. The van der Waals surface area contributed by atoms with E-state index in [2.05, 4.69) is 5.32 Å². The molecule has 1 heterocycles. The summed E-state index contributed by atoms with van der Waals surface area (Å²) in [5.74, 6) is -1.23. The van der Waals surface area contributed by atoms with Crippen LogP contribution < -0.4 is 20.3 Å². The zero-order chi connectivity index (χ0) is 21.0. The first-order valence-corrected chi connectivity index (χ1v) is 8.59. The van der Waals surface area contributed by atoms with Gasteiger partial charge in [0.15, 0.2) is 0 Å². The van der Waals surface area contributed by atoms with Crippen LogP contribution in [0.2, 0.25) is 0 Å². The van der Waals surface area contributed by atoms with Gasteiger partial charge in [0.2, 0.25) is 0 Å². The quantitative estimate of drug-likeness (QED) is 0.688. The van der Waals surface area contributed by atoms with E-state index in [0.29, 0.717) is 11.5 Å². The molecule has 0 saturated carbocycles. The maximum Gasteiger partial charge on any atom is 0.263 e. The van der Waals surface area contributed by atoms with E-state index in [9.17, 15) is 18.4 Å². The van der Waals surface area contributed by atoms with Crippen LogP contribution in [0.25, 0.3) is 0 Å². The number of benzene rings is 2. The third kappa shape index (κ3) is 4.60. The summed E-state index contributed by atoms with van der Waals surface area (Å²) >= 11 is 0. The van der Waals surface area contributed by atoms with Crippen LogP contribution in [0.15, 0.2) is 59.5 Å². The Kier molecular flexibility index (Phi) is 5.92. The second-order valence-corrected chi connectivity index (χ2v) is 6.15. The highest BCUT2D eigenvalue weighted by molar-refractivity contribution is 6.04. The summed E-state index contributed by atoms with van der Waals surface area (Å²) in [4.78, 5) is 25.2. The second-order valence-electron chi connectivity index (χ2n) is 6.15. The summed E-state index contributed by atoms with van der Waals surface area (Å²) in [7, 11) is 3.03. The maximum absolute atomic E-state index is 13.8. The Hall–Kier alpha value is -3.68. The third-order valence-corrected chi connectivity index (χ3v) is 4.21. The zero-order valence-corrected chi connectivity index (χ0v) is 15.7. The lowest BCUT2D eigenvalue weighted by Gasteiger charge is -2.11. The van der Waals surface area contributed by atoms with E-state index in [1.54, 1.807) is 18.2 Å². The maximum atomic E-state index is 13.8. The molecule has 0 aliphatic carbocycles. The van der Waals surface area contributed by atoms with Crippen molar-refractivity contribution < 1.29 is 23.0 Å². The number of rotatable bonds is 6. The molecule has 6 nitrogen and oxygen atoms in total. The molecule has 0 saturated heterocycles. The number of hydrogen-bond acceptors (Lipinski definition) is 4. The summed E-state index contributed by atoms with van der Waals surface area (Å²) < 4.78 is 38.8. The molecule has 0 bridgehead atoms. The third-order valence-electron chi connectivity index (χ3n) is 4.21. The second kappa shape index (κ2) is 8.55. The fraction of sp³-hybridized carbons (Fsp3) is 0.143. The van der Waals surface area contributed by atoms with Crippen molar-refractivity contribution >= 4 is 11.6 Å². The fourth-order valence-electron chi connectivity index (χ4n) is 2.77. The van der Waals surface area contributed by atoms with Crippen molar-refractivity contribution in [2.24, 2.45) is 0 Å². The minimum Gasteiger partial charge on any atom is -0.497 e. The topological polar surface area (TPSA) is 69.6 Å². The number of nitrogens with zero attached hydrogens (tertiary/aromatic N) is 1. The number of ether oxygens (including phenoxy) is 2. The van der Waals surface area contributed by atoms with Gasteiger partial charge in [0, 0.05) is 18.3 Å². The van der Waals surface area contributed by atoms with Crippen LogP contribution in [0.5, 0.6) is 11.5 Å². The SMILES string of the molecule is COc1cc(Cn2cccc(C(=O)Nc3cc(F)ccc3F)c2=O)cc(OC)c1. The van der Waals surface area contributed by atoms with E-state index in [-0.39, 0.29) is 17.8 Å². The molecule has 0 aliphatic rings. The van der Waals surface area contributed by atoms with E-state index in [0.717, 1.165) is 23.8 Å². The first-order valence-electron chi connectivity index (χ1n) is 8.59. The van der Waals surface area contributed by atoms with E-state index in [1.807, 2.05) is 0 Å². The molecule has 0 fully saturated rings. The zero-order valence-electron chi connectivity index (χ0n) is 15.7. The largest absolute Gasteiger partial charge is 0.497 e. The first-order chi connectivity index (χ1) is 13.9. The minimum absolute atomic E-state index is 0.155. The van der Waals surface area contributed by atoms with Gasteiger partial charge in [0.1, 0.15) is 28.7 Å². The van der Waals surface area contributed by atoms with Gasteiger partial charge in [0.05, 0.1) is 26.5 Å². The van der Waals surface area contributed by atoms with Crippen LogP contribution in [0.1, 0.15) is 15.9 Å². The lowest BCUT2D eigenvalue weighted by molar-refractivity contribution is 0.102. The summed E-state index contributed by atoms with van der Waals surface area (Å²) in [6.07, 6.45) is 1.52. The number of hydrogen-bond donors (Lipinski definition) is 1. The Bertz CT molecular complexity index is 1090. The van der Waals surface area contributed by atoms with Gasteiger partial charge in [-0.3, -0.25) is 9.59 Å². The molecule has 2 aromatic carbocycles. The van der Waals surface area contributed by atoms with Crippen molar-refractivity contribution in [3.8, 4) is 11.5 Å². The number of amides is 1. The van der Waals surface area contributed by atoms with Crippen molar-refractivity contribution in [1.82, 2.24) is 4.57 Å². The van der Waals surface area contributed by atoms with Crippen LogP contribution in [0.4, 0.5) is 14.5 Å². The van der Waals surface area contributed by atoms with E-state index < -0.39 is 23.1 Å². The Morgan fingerprint density at radius 3 is 2.38 bits per heavy atom. The summed E-state index contributed by atoms with van der Waals surface area (Å²) in [6, 6.07) is 10.7. The predicted octanol–water partition coefficient (Wildman–Crippen LogP) is 3.44. The normalized spacial score (nSPS) is 10.5. The van der Waals surface area contributed by atoms with Crippen LogP contribution in [-0.4, -0.2) is 24.7 Å². The van der Waals surface area contributed by atoms with Gasteiger partial charge in [-0.2, -0.15) is 0 Å². The first kappa shape index (κ1) is 20.1. The van der Waals surface area contributed by atoms with E-state index in [4.69, 9.17) is 9.47 Å². The van der Waals surface area contributed by atoms with Crippen molar-refractivity contribution in [2.45, 2.75) is 6.54 Å². The lowest BCUT2D eigenvalue weighted by atomic mass is 10.2. The van der Waals surface area contributed by atoms with Crippen LogP contribution in [0, 0.1) is 11.6 Å². The molecular formula is C21H18F2N2O4. The average Bonchev–Trinajstić information content (AvgIpc) is 2.71. The molecule has 3 rings (SSSR count). The van der Waals surface area contributed by atoms with Crippen LogP contribution in [-0.2, 0) is 6.54 Å². The van der Waals surface area contributed by atoms with Crippen molar-refractivity contribution in [3.05, 3.63) is 87.8 Å². The molecule has 8 heteroatoms. The molecular weight excluding hydrogens is 382 g/mol. The van der Waals surface area contributed by atoms with Crippen LogP contribution >= 0.6 is 0 Å². The van der Waals surface area contributed by atoms with E-state index >= 15 is 0 Å². The van der Waals surface area contributed by atoms with Crippen molar-refractivity contribution in [1.29, 1.82) is 0 Å². The van der Waals surface area contributed by atoms with E-state index in [1.165, 1.54) is 37.1 Å². The van der Waals surface area contributed by atoms with Gasteiger partial charge >= 0.3 is 0 Å². The van der Waals surface area contributed by atoms with Crippen LogP contribution in [0.3, 0.4) is 0 Å². The average molecular weight is 400 g/mol. The number of pyridine rings is 1. The molecule has 0 radical (unpaired) electrons. The molecule has 150 valence electrons. The number of nitrogens with one attached hydrogen (secondary N) is 1. The number of aromatic nitrogens is 1. The summed E-state index contributed by atoms with van der Waals surface area (Å²) in [5, 5.41) is 2.23. The molecule has 0 aliphatic heterocycles. The lowest BCUT2D eigenvalue weighted by Crippen LogP contribution is -2.29. The Morgan fingerprint density at radius 1 is 1.03 bits per heavy atom. The Balaban J connectivity index is 1.89. The smallest absolute Gasteiger partial charge is 0.263 e. The number of carbonyl (C=O) groups excluding carboxylic acids is 1. The highest BCUT2D eigenvalue weighted by atomic mass is 19.1. The Morgan fingerprint density at radius 2 is 1.72 bits per heavy atom. The van der Waals surface area contributed by atoms with Gasteiger partial charge in [-0.1, -0.05) is 0 Å². The van der Waals surface area contributed by atoms with Gasteiger partial charge in [-0.25, -0.2) is 8.78 Å². The monoisotopic (exact) mass is 400 g/mol. The van der Waals surface area contributed by atoms with Crippen molar-refractivity contribution in [2.75, 3.05) is 19.5 Å². The highest BCUT2D eigenvalue weighted by Gasteiger charge is 2.15. The summed E-state index contributed by atoms with van der Waals surface area (Å²) in [6.45, 7) is 0.155. The number of carbonyl (C=O) groups is 1. The Labute approximate surface area is 165 Å². The number of methoxy groups -OCH3 is 2. The van der Waals surface area contributed by atoms with Gasteiger partial charge in [-0.05, 0) is 42.0 Å². The molecule has 1 aromatic heterocycles. The van der Waals surface area contributed by atoms with Gasteiger partial charge < -0.3 is 19.4 Å². The van der Waals surface area contributed by atoms with Crippen molar-refractivity contribution in [3.63, 3.8) is 0 Å². The predicted molar refractivity (Wildman–Crippen MR) is 104 cm³/mol. The van der Waals surface area contributed by atoms with Gasteiger partial charge in [0.25, 0.3) is 11.5 Å². The number of halogens is 2. The molecule has 1 N–H and O–H groups in total. The molecule has 0 unspecified atom stereocenters. The standard InChI is InChI=1S/C21H18F2N2O4/c1-28-15-8-13(9-16(11-15)29-2)12-25-7-3-4-17(21(25)27)20(26)24-19-10-14(22)5-6-18(19)23/h3-11H,12H2,1-2H3,(H,24,26). The molecule has 0 spiro atoms. The minimum atomic E-state index is -0.836. The van der Waals surface area contributed by atoms with Gasteiger partial charge in [-0.15, -0.1) is 0 Å². The molecule has 3 aromatic rings. The summed E-state index contributed by atoms with van der Waals surface area (Å²) in [5.41, 5.74) is -0.408. The molecule has 29 heavy (non-hydrogen) atoms. The molecule has 1 amide bonds. The fourth-order valence-corrected chi connectivity index (χ4v) is 2.77. The number of anilines is 1.